The highest BCUT2D eigenvalue weighted by Gasteiger charge is 2.22. The van der Waals surface area contributed by atoms with E-state index in [0.29, 0.717) is 0 Å². The number of rotatable bonds is 24. The average molecular weight is 1910 g/mol. The Balaban J connectivity index is 0.000000182. The topological polar surface area (TPSA) is 37.0 Å². The van der Waals surface area contributed by atoms with Gasteiger partial charge < -0.3 is 30.2 Å². The summed E-state index contributed by atoms with van der Waals surface area (Å²) < 4.78 is 1.12. The Labute approximate surface area is 846 Å². The van der Waals surface area contributed by atoms with E-state index in [1.165, 1.54) is 105 Å². The maximum Gasteiger partial charge on any atom is 0.0775 e. The van der Waals surface area contributed by atoms with Crippen molar-refractivity contribution >= 4 is 120 Å². The zero-order valence-corrected chi connectivity index (χ0v) is 83.4. The molecule has 0 spiro atoms. The van der Waals surface area contributed by atoms with Crippen molar-refractivity contribution in [2.24, 2.45) is 0 Å². The van der Waals surface area contributed by atoms with Crippen LogP contribution in [-0.2, 0) is 0 Å². The zero-order valence-electron chi connectivity index (χ0n) is 80.9. The molecule has 0 amide bonds. The second-order valence-electron chi connectivity index (χ2n) is 37.3. The van der Waals surface area contributed by atoms with E-state index in [0.717, 1.165) is 118 Å². The second kappa shape index (κ2) is 45.0. The summed E-state index contributed by atoms with van der Waals surface area (Å²) in [5.74, 6) is 0. The Kier molecular flexibility index (Phi) is 31.3. The number of aryl methyl sites for hydroxylation is 8. The minimum atomic E-state index is -1.17. The molecule has 0 saturated carbocycles. The number of halogens is 1. The van der Waals surface area contributed by atoms with Gasteiger partial charge in [-0.05, 0) is 340 Å². The summed E-state index contributed by atoms with van der Waals surface area (Å²) in [5.41, 5.74) is 44.4. The fourth-order valence-corrected chi connectivity index (χ4v) is 18.8. The van der Waals surface area contributed by atoms with Crippen molar-refractivity contribution < 1.29 is 0 Å². The quantitative estimate of drug-likeness (QED) is 0.0587. The molecular weight excluding hydrogens is 1790 g/mol. The molecule has 0 aliphatic carbocycles. The number of benzene rings is 20. The van der Waals surface area contributed by atoms with E-state index in [-0.39, 0.29) is 14.9 Å². The minimum absolute atomic E-state index is 0. The van der Waals surface area contributed by atoms with Crippen molar-refractivity contribution in [3.05, 3.63) is 534 Å². The van der Waals surface area contributed by atoms with Crippen molar-refractivity contribution in [2.45, 2.75) is 89.9 Å². The molecule has 0 fully saturated rings. The first-order valence-electron chi connectivity index (χ1n) is 47.8. The molecule has 141 heavy (non-hydrogen) atoms. The monoisotopic (exact) mass is 1910 g/mol. The van der Waals surface area contributed by atoms with Crippen LogP contribution in [0, 0.1) is 55.4 Å². The largest absolute Gasteiger partial charge is 0.356 e. The van der Waals surface area contributed by atoms with Crippen molar-refractivity contribution in [1.82, 2.24) is 0 Å². The molecule has 2 N–H and O–H groups in total. The van der Waals surface area contributed by atoms with Gasteiger partial charge in [-0.3, -0.25) is 0 Å². The smallest absolute Gasteiger partial charge is 0.0775 e. The standard InChI is InChI=1S/C71H59N3.C45H39N3.C15H17BrSi.2CH4/c1-50-6-16-55(17-7-50)57-20-38-66(39-21-57)72(63-32-10-52(3)11-33-63)68-42-24-59(25-43-68)61-28-46-70(47-29-61)74(65-36-14-54(5)15-37-65)71-48-30-62(31-49-71)60-26-44-69(45-27-60)73(64-34-12-53(4)13-35-64)67-40-22-58(23-41-67)56-18-8-51(2)9-19-56;1-32-4-18-39(19-5-32)46-41-22-10-35(11-23-41)37-14-28-44(29-15-37)48(43-26-8-34(3)9-27-43)45-30-16-38(17-31-45)36-12-24-42(25-13-36)47-40-20-6-33(2)7-21-40;1-17(2,3)15-10-6-13(7-11-15)12-4-8-14(16)9-5-12;;/h6-49H,1-5H3;4-31,46-47H,1-3H3;4-11H,1-3H3;2*1H4. The van der Waals surface area contributed by atoms with E-state index in [1.54, 1.807) is 0 Å². The Hall–Kier alpha value is -16.1. The normalized spacial score (nSPS) is 10.9. The van der Waals surface area contributed by atoms with E-state index in [9.17, 15) is 0 Å². The van der Waals surface area contributed by atoms with E-state index in [2.05, 4.69) is 607 Å². The number of hydrogen-bond acceptors (Lipinski definition) is 6. The Morgan fingerprint density at radius 2 is 0.255 bits per heavy atom. The molecule has 0 aliphatic heterocycles. The summed E-state index contributed by atoms with van der Waals surface area (Å²) in [6.07, 6.45) is 0. The number of anilines is 16. The van der Waals surface area contributed by atoms with Gasteiger partial charge in [0.1, 0.15) is 0 Å². The van der Waals surface area contributed by atoms with Crippen LogP contribution in [-0.4, -0.2) is 8.07 Å². The lowest BCUT2D eigenvalue weighted by Gasteiger charge is -2.27. The van der Waals surface area contributed by atoms with Crippen LogP contribution in [0.4, 0.5) is 91.0 Å². The third-order valence-electron chi connectivity index (χ3n) is 25.7. The predicted molar refractivity (Wildman–Crippen MR) is 618 cm³/mol. The van der Waals surface area contributed by atoms with Gasteiger partial charge in [0.2, 0.25) is 0 Å². The summed E-state index contributed by atoms with van der Waals surface area (Å²) in [4.78, 5) is 9.32. The lowest BCUT2D eigenvalue weighted by molar-refractivity contribution is 1.27. The first kappa shape index (κ1) is 98.0. The molecule has 0 aliphatic rings. The maximum absolute atomic E-state index is 3.49. The van der Waals surface area contributed by atoms with E-state index in [1.807, 2.05) is 0 Å². The summed E-state index contributed by atoms with van der Waals surface area (Å²) in [7, 11) is -1.17. The van der Waals surface area contributed by atoms with Gasteiger partial charge in [-0.15, -0.1) is 0 Å². The van der Waals surface area contributed by atoms with Crippen LogP contribution in [0.2, 0.25) is 19.6 Å². The molecule has 20 rings (SSSR count). The first-order chi connectivity index (χ1) is 67.6. The molecule has 0 atom stereocenters. The summed E-state index contributed by atoms with van der Waals surface area (Å²) in [6.45, 7) is 24.1. The van der Waals surface area contributed by atoms with Crippen LogP contribution in [0.25, 0.3) is 77.9 Å². The molecule has 0 unspecified atom stereocenters. The van der Waals surface area contributed by atoms with Crippen molar-refractivity contribution in [3.8, 4) is 77.9 Å². The van der Waals surface area contributed by atoms with Gasteiger partial charge >= 0.3 is 0 Å². The minimum Gasteiger partial charge on any atom is -0.356 e. The average Bonchev–Trinajstić information content (AvgIpc) is 0.792. The van der Waals surface area contributed by atoms with Gasteiger partial charge in [0.25, 0.3) is 0 Å². The lowest BCUT2D eigenvalue weighted by Crippen LogP contribution is -2.37. The highest BCUT2D eigenvalue weighted by Crippen LogP contribution is 2.44. The lowest BCUT2D eigenvalue weighted by atomic mass is 10.0. The molecule has 0 heterocycles. The molecule has 0 bridgehead atoms. The van der Waals surface area contributed by atoms with Gasteiger partial charge in [0, 0.05) is 95.5 Å². The van der Waals surface area contributed by atoms with Crippen LogP contribution < -0.4 is 35.4 Å². The molecule has 696 valence electrons. The highest BCUT2D eigenvalue weighted by molar-refractivity contribution is 9.10. The molecule has 6 nitrogen and oxygen atoms in total. The van der Waals surface area contributed by atoms with E-state index in [4.69, 9.17) is 0 Å². The number of hydrogen-bond donors (Lipinski definition) is 2. The van der Waals surface area contributed by atoms with Gasteiger partial charge in [0.15, 0.2) is 0 Å². The third-order valence-corrected chi connectivity index (χ3v) is 28.2. The van der Waals surface area contributed by atoms with Crippen molar-refractivity contribution in [3.63, 3.8) is 0 Å². The summed E-state index contributed by atoms with van der Waals surface area (Å²) in [5, 5.41) is 8.50. The van der Waals surface area contributed by atoms with Gasteiger partial charge in [-0.1, -0.05) is 379 Å². The third kappa shape index (κ3) is 24.5. The van der Waals surface area contributed by atoms with Crippen LogP contribution in [0.3, 0.4) is 0 Å². The fraction of sp³-hybridized carbons (Fsp3) is 0.0977. The molecule has 0 radical (unpaired) electrons. The molecule has 8 heteroatoms. The first-order valence-corrected chi connectivity index (χ1v) is 52.1. The number of nitrogens with zero attached hydrogens (tertiary/aromatic N) is 4. The predicted octanol–water partition coefficient (Wildman–Crippen LogP) is 39.1. The molecule has 20 aromatic carbocycles. The molecule has 0 saturated heterocycles. The van der Waals surface area contributed by atoms with Crippen LogP contribution in [0.15, 0.2) is 490 Å². The van der Waals surface area contributed by atoms with Gasteiger partial charge in [-0.25, -0.2) is 0 Å². The van der Waals surface area contributed by atoms with Crippen LogP contribution in [0.5, 0.6) is 0 Å². The molecular formula is C133H123BrN6Si. The Bertz CT molecular complexity index is 7050. The Morgan fingerprint density at radius 3 is 0.411 bits per heavy atom. The van der Waals surface area contributed by atoms with Crippen LogP contribution >= 0.6 is 15.9 Å². The van der Waals surface area contributed by atoms with E-state index >= 15 is 0 Å². The SMILES string of the molecule is C.C.C[Si](C)(C)c1ccc(-c2ccc(Br)cc2)cc1.Cc1ccc(-c2ccc(N(c3ccc(C)cc3)c3ccc(-c4ccc(N(c5ccc(C)cc5)c5ccc(-c6ccc(N(c7ccc(C)cc7)c7ccc(-c8ccc(C)cc8)cc7)cc6)cc5)cc4)cc3)cc2)cc1.Cc1ccc(Nc2ccc(-c3ccc(N(c4ccc(C)cc4)c4ccc(-c5ccc(Nc6ccc(C)cc6)cc5)cc4)cc3)cc2)cc1. The summed E-state index contributed by atoms with van der Waals surface area (Å²) >= 11 is 3.46. The van der Waals surface area contributed by atoms with Gasteiger partial charge in [0.05, 0.1) is 8.07 Å². The summed E-state index contributed by atoms with van der Waals surface area (Å²) in [6, 6.07) is 175. The second-order valence-corrected chi connectivity index (χ2v) is 43.3. The van der Waals surface area contributed by atoms with Crippen LogP contribution in [0.1, 0.15) is 59.4 Å². The Morgan fingerprint density at radius 1 is 0.149 bits per heavy atom. The number of nitrogens with one attached hydrogen (secondary N) is 2. The molecule has 0 aromatic heterocycles. The van der Waals surface area contributed by atoms with E-state index < -0.39 is 8.07 Å². The van der Waals surface area contributed by atoms with Crippen molar-refractivity contribution in [1.29, 1.82) is 0 Å². The van der Waals surface area contributed by atoms with Gasteiger partial charge in [-0.2, -0.15) is 0 Å². The zero-order chi connectivity index (χ0) is 95.9. The molecule has 20 aromatic rings. The van der Waals surface area contributed by atoms with Crippen molar-refractivity contribution in [2.75, 3.05) is 30.2 Å². The fourth-order valence-electron chi connectivity index (χ4n) is 17.4. The highest BCUT2D eigenvalue weighted by atomic mass is 79.9. The maximum atomic E-state index is 3.49.